The number of benzene rings is 2. The van der Waals surface area contributed by atoms with E-state index in [4.69, 9.17) is 0 Å². The summed E-state index contributed by atoms with van der Waals surface area (Å²) in [5.41, 5.74) is 5.64. The number of nitrogens with zero attached hydrogens (tertiary/aromatic N) is 2. The van der Waals surface area contributed by atoms with Crippen LogP contribution in [0.2, 0.25) is 0 Å². The first-order valence-corrected chi connectivity index (χ1v) is 9.37. The van der Waals surface area contributed by atoms with E-state index in [1.807, 2.05) is 39.0 Å². The zero-order valence-corrected chi connectivity index (χ0v) is 16.9. The Kier molecular flexibility index (Phi) is 5.45. The third-order valence-corrected chi connectivity index (χ3v) is 4.79. The van der Waals surface area contributed by atoms with Crippen molar-refractivity contribution in [2.45, 2.75) is 40.5 Å². The Morgan fingerprint density at radius 1 is 0.964 bits per heavy atom. The molecule has 28 heavy (non-hydrogen) atoms. The van der Waals surface area contributed by atoms with Gasteiger partial charge in [0.05, 0.1) is 5.69 Å². The number of hydrogen-bond acceptors (Lipinski definition) is 3. The van der Waals surface area contributed by atoms with E-state index in [2.05, 4.69) is 24.3 Å². The van der Waals surface area contributed by atoms with Gasteiger partial charge in [-0.2, -0.15) is 5.10 Å². The van der Waals surface area contributed by atoms with Crippen LogP contribution in [0, 0.1) is 20.8 Å². The first kappa shape index (κ1) is 19.5. The molecule has 3 rings (SSSR count). The lowest BCUT2D eigenvalue weighted by molar-refractivity contribution is 0.0941. The molecule has 144 valence electrons. The molecule has 5 nitrogen and oxygen atoms in total. The quantitative estimate of drug-likeness (QED) is 0.707. The first-order chi connectivity index (χ1) is 13.3. The maximum Gasteiger partial charge on any atom is 0.278 e. The minimum Gasteiger partial charge on any atom is -0.322 e. The van der Waals surface area contributed by atoms with Crippen LogP contribution in [0.25, 0.3) is 0 Å². The van der Waals surface area contributed by atoms with Crippen LogP contribution in [0.4, 0.5) is 5.69 Å². The Hall–Kier alpha value is -3.21. The molecule has 5 heteroatoms. The second-order valence-corrected chi connectivity index (χ2v) is 7.36. The van der Waals surface area contributed by atoms with Crippen molar-refractivity contribution in [3.8, 4) is 0 Å². The standard InChI is InChI=1S/C23H25N3O2/c1-14(2)21-16(4)25-26(17(21)5)23(28)18-9-11-20(12-10-18)24-22(27)19-8-6-7-15(3)13-19/h6-14H,1-5H3,(H,24,27). The predicted octanol–water partition coefficient (Wildman–Crippen LogP) is 4.87. The van der Waals surface area contributed by atoms with Gasteiger partial charge in [-0.25, -0.2) is 4.68 Å². The van der Waals surface area contributed by atoms with Gasteiger partial charge in [-0.1, -0.05) is 31.5 Å². The van der Waals surface area contributed by atoms with Crippen molar-refractivity contribution in [1.29, 1.82) is 0 Å². The fourth-order valence-electron chi connectivity index (χ4n) is 3.50. The number of carbonyl (C=O) groups excluding carboxylic acids is 2. The summed E-state index contributed by atoms with van der Waals surface area (Å²) in [7, 11) is 0. The van der Waals surface area contributed by atoms with E-state index < -0.39 is 0 Å². The lowest BCUT2D eigenvalue weighted by atomic mass is 10.0. The second kappa shape index (κ2) is 7.80. The Bertz CT molecular complexity index is 1030. The van der Waals surface area contributed by atoms with Crippen molar-refractivity contribution in [3.63, 3.8) is 0 Å². The van der Waals surface area contributed by atoms with Crippen molar-refractivity contribution in [1.82, 2.24) is 9.78 Å². The van der Waals surface area contributed by atoms with Gasteiger partial charge < -0.3 is 5.32 Å². The number of hydrogen-bond donors (Lipinski definition) is 1. The summed E-state index contributed by atoms with van der Waals surface area (Å²) in [6.07, 6.45) is 0. The topological polar surface area (TPSA) is 64.0 Å². The lowest BCUT2D eigenvalue weighted by Gasteiger charge is -2.08. The van der Waals surface area contributed by atoms with Crippen LogP contribution >= 0.6 is 0 Å². The van der Waals surface area contributed by atoms with Crippen LogP contribution in [0.1, 0.15) is 63.0 Å². The molecule has 0 bridgehead atoms. The first-order valence-electron chi connectivity index (χ1n) is 9.37. The molecule has 0 atom stereocenters. The van der Waals surface area contributed by atoms with Gasteiger partial charge in [-0.05, 0) is 68.7 Å². The van der Waals surface area contributed by atoms with E-state index >= 15 is 0 Å². The maximum absolute atomic E-state index is 12.9. The normalized spacial score (nSPS) is 10.9. The average Bonchev–Trinajstić information content (AvgIpc) is 2.96. The van der Waals surface area contributed by atoms with Gasteiger partial charge in [0.15, 0.2) is 0 Å². The van der Waals surface area contributed by atoms with E-state index in [1.54, 1.807) is 30.3 Å². The van der Waals surface area contributed by atoms with E-state index in [9.17, 15) is 9.59 Å². The van der Waals surface area contributed by atoms with Gasteiger partial charge >= 0.3 is 0 Å². The Labute approximate surface area is 165 Å². The van der Waals surface area contributed by atoms with Crippen molar-refractivity contribution in [2.24, 2.45) is 0 Å². The molecule has 0 aliphatic heterocycles. The van der Waals surface area contributed by atoms with Crippen LogP contribution < -0.4 is 5.32 Å². The number of aryl methyl sites for hydroxylation is 2. The summed E-state index contributed by atoms with van der Waals surface area (Å²) >= 11 is 0. The van der Waals surface area contributed by atoms with Crippen molar-refractivity contribution in [3.05, 3.63) is 82.2 Å². The number of rotatable bonds is 4. The van der Waals surface area contributed by atoms with Crippen molar-refractivity contribution in [2.75, 3.05) is 5.32 Å². The zero-order valence-electron chi connectivity index (χ0n) is 16.9. The van der Waals surface area contributed by atoms with Crippen LogP contribution in [-0.4, -0.2) is 21.6 Å². The number of amides is 1. The summed E-state index contributed by atoms with van der Waals surface area (Å²) in [5, 5.41) is 7.28. The fraction of sp³-hybridized carbons (Fsp3) is 0.261. The molecule has 1 aromatic heterocycles. The van der Waals surface area contributed by atoms with Crippen LogP contribution in [0.3, 0.4) is 0 Å². The van der Waals surface area contributed by atoms with E-state index in [1.165, 1.54) is 4.68 Å². The number of aromatic nitrogens is 2. The highest BCUT2D eigenvalue weighted by Gasteiger charge is 2.19. The molecule has 0 unspecified atom stereocenters. The molecule has 1 amide bonds. The minimum absolute atomic E-state index is 0.177. The maximum atomic E-state index is 12.9. The molecular formula is C23H25N3O2. The van der Waals surface area contributed by atoms with Crippen LogP contribution in [0.15, 0.2) is 48.5 Å². The highest BCUT2D eigenvalue weighted by Crippen LogP contribution is 2.23. The minimum atomic E-state index is -0.178. The molecule has 0 spiro atoms. The molecule has 3 aromatic rings. The Morgan fingerprint density at radius 3 is 2.21 bits per heavy atom. The Morgan fingerprint density at radius 2 is 1.64 bits per heavy atom. The monoisotopic (exact) mass is 375 g/mol. The number of carbonyl (C=O) groups is 2. The summed E-state index contributed by atoms with van der Waals surface area (Å²) in [4.78, 5) is 25.2. The second-order valence-electron chi connectivity index (χ2n) is 7.36. The van der Waals surface area contributed by atoms with Gasteiger partial charge in [-0.15, -0.1) is 0 Å². The van der Waals surface area contributed by atoms with Gasteiger partial charge in [0.2, 0.25) is 0 Å². The number of nitrogens with one attached hydrogen (secondary N) is 1. The molecule has 1 heterocycles. The Balaban J connectivity index is 1.78. The van der Waals surface area contributed by atoms with Gasteiger partial charge in [0, 0.05) is 22.5 Å². The number of anilines is 1. The highest BCUT2D eigenvalue weighted by atomic mass is 16.2. The molecule has 2 aromatic carbocycles. The SMILES string of the molecule is Cc1cccc(C(=O)Nc2ccc(C(=O)n3nc(C)c(C(C)C)c3C)cc2)c1. The van der Waals surface area contributed by atoms with Gasteiger partial charge in [0.25, 0.3) is 11.8 Å². The molecule has 0 aliphatic rings. The summed E-state index contributed by atoms with van der Waals surface area (Å²) in [5.74, 6) is -0.0484. The lowest BCUT2D eigenvalue weighted by Crippen LogP contribution is -2.16. The van der Waals surface area contributed by atoms with E-state index in [0.29, 0.717) is 22.7 Å². The molecule has 1 N–H and O–H groups in total. The third kappa shape index (κ3) is 3.88. The van der Waals surface area contributed by atoms with E-state index in [0.717, 1.165) is 22.5 Å². The summed E-state index contributed by atoms with van der Waals surface area (Å²) < 4.78 is 1.46. The molecule has 0 aliphatic carbocycles. The summed E-state index contributed by atoms with van der Waals surface area (Å²) in [6.45, 7) is 9.98. The summed E-state index contributed by atoms with van der Waals surface area (Å²) in [6, 6.07) is 14.3. The fourth-order valence-corrected chi connectivity index (χ4v) is 3.50. The molecule has 0 saturated carbocycles. The predicted molar refractivity (Wildman–Crippen MR) is 111 cm³/mol. The van der Waals surface area contributed by atoms with Crippen LogP contribution in [0.5, 0.6) is 0 Å². The largest absolute Gasteiger partial charge is 0.322 e. The van der Waals surface area contributed by atoms with Crippen molar-refractivity contribution < 1.29 is 9.59 Å². The third-order valence-electron chi connectivity index (χ3n) is 4.79. The van der Waals surface area contributed by atoms with Crippen LogP contribution in [-0.2, 0) is 0 Å². The van der Waals surface area contributed by atoms with Gasteiger partial charge in [-0.3, -0.25) is 9.59 Å². The molecular weight excluding hydrogens is 350 g/mol. The zero-order chi connectivity index (χ0) is 20.4. The van der Waals surface area contributed by atoms with E-state index in [-0.39, 0.29) is 11.8 Å². The van der Waals surface area contributed by atoms with Gasteiger partial charge in [0.1, 0.15) is 0 Å². The molecule has 0 radical (unpaired) electrons. The molecule has 0 saturated heterocycles. The molecule has 0 fully saturated rings. The smallest absolute Gasteiger partial charge is 0.278 e. The average molecular weight is 375 g/mol. The van der Waals surface area contributed by atoms with Crippen molar-refractivity contribution >= 4 is 17.5 Å². The highest BCUT2D eigenvalue weighted by molar-refractivity contribution is 6.04.